The van der Waals surface area contributed by atoms with E-state index in [1.807, 2.05) is 19.1 Å². The van der Waals surface area contributed by atoms with Crippen molar-refractivity contribution in [1.82, 2.24) is 0 Å². The van der Waals surface area contributed by atoms with Gasteiger partial charge in [0.15, 0.2) is 12.0 Å². The van der Waals surface area contributed by atoms with Crippen molar-refractivity contribution in [2.75, 3.05) is 0 Å². The van der Waals surface area contributed by atoms with Gasteiger partial charge in [-0.25, -0.2) is 4.39 Å². The lowest BCUT2D eigenvalue weighted by molar-refractivity contribution is -0.137. The molecule has 0 aliphatic heterocycles. The van der Waals surface area contributed by atoms with Gasteiger partial charge in [0, 0.05) is 25.2 Å². The molecule has 6 heteroatoms. The molecule has 1 aliphatic carbocycles. The predicted octanol–water partition coefficient (Wildman–Crippen LogP) is 3.63. The van der Waals surface area contributed by atoms with Crippen LogP contribution in [-0.2, 0) is 14.4 Å². The summed E-state index contributed by atoms with van der Waals surface area (Å²) in [5, 5.41) is 18.7. The lowest BCUT2D eigenvalue weighted by atomic mass is 9.86. The van der Waals surface area contributed by atoms with Crippen LogP contribution < -0.4 is 0 Å². The molecule has 0 bridgehead atoms. The van der Waals surface area contributed by atoms with Crippen LogP contribution in [0.25, 0.3) is 0 Å². The number of alkyl halides is 1. The standard InChI is InChI=1S/C20H31FO5/c1-2-3-9-16(21)17(22)12-11-15-14(18(23)13-19(15)24)8-6-4-5-7-10-20(25)26/h4,6,14-16,19,24H,2-3,5,7-13H2,1H3,(H,25,26)/b6-4+. The highest BCUT2D eigenvalue weighted by Gasteiger charge is 2.40. The van der Waals surface area contributed by atoms with Gasteiger partial charge in [0.25, 0.3) is 0 Å². The molecule has 0 saturated heterocycles. The number of halogens is 1. The van der Waals surface area contributed by atoms with Gasteiger partial charge in [-0.15, -0.1) is 0 Å². The first-order valence-electron chi connectivity index (χ1n) is 9.61. The number of hydrogen-bond acceptors (Lipinski definition) is 4. The molecule has 0 aromatic heterocycles. The van der Waals surface area contributed by atoms with E-state index in [1.165, 1.54) is 0 Å². The van der Waals surface area contributed by atoms with E-state index in [4.69, 9.17) is 5.11 Å². The maximum Gasteiger partial charge on any atom is 0.303 e. The molecule has 0 aromatic rings. The van der Waals surface area contributed by atoms with Crippen LogP contribution in [0.3, 0.4) is 0 Å². The summed E-state index contributed by atoms with van der Waals surface area (Å²) in [5.41, 5.74) is 0. The van der Waals surface area contributed by atoms with Crippen LogP contribution in [0.15, 0.2) is 12.2 Å². The molecule has 4 unspecified atom stereocenters. The third-order valence-electron chi connectivity index (χ3n) is 5.04. The van der Waals surface area contributed by atoms with Gasteiger partial charge in [-0.05, 0) is 38.0 Å². The number of aliphatic carboxylic acids is 1. The lowest BCUT2D eigenvalue weighted by Crippen LogP contribution is -2.23. The lowest BCUT2D eigenvalue weighted by Gasteiger charge is -2.20. The van der Waals surface area contributed by atoms with E-state index >= 15 is 0 Å². The summed E-state index contributed by atoms with van der Waals surface area (Å²) in [4.78, 5) is 34.4. The SMILES string of the molecule is CCCCC(F)C(=O)CCC1C(O)CC(=O)C1C/C=C/CCCC(=O)O. The molecule has 148 valence electrons. The highest BCUT2D eigenvalue weighted by atomic mass is 19.1. The van der Waals surface area contributed by atoms with E-state index in [0.717, 1.165) is 6.42 Å². The minimum atomic E-state index is -1.45. The summed E-state index contributed by atoms with van der Waals surface area (Å²) in [6.07, 6.45) is 5.45. The van der Waals surface area contributed by atoms with Gasteiger partial charge in [-0.2, -0.15) is 0 Å². The Labute approximate surface area is 154 Å². The fraction of sp³-hybridized carbons (Fsp3) is 0.750. The Bertz CT molecular complexity index is 502. The highest BCUT2D eigenvalue weighted by Crippen LogP contribution is 2.35. The van der Waals surface area contributed by atoms with E-state index in [1.54, 1.807) is 0 Å². The number of unbranched alkanes of at least 4 members (excludes halogenated alkanes) is 2. The van der Waals surface area contributed by atoms with Crippen molar-refractivity contribution in [2.45, 2.75) is 83.4 Å². The van der Waals surface area contributed by atoms with Gasteiger partial charge in [-0.1, -0.05) is 31.9 Å². The molecule has 1 rings (SSSR count). The number of allylic oxidation sites excluding steroid dienone is 2. The summed E-state index contributed by atoms with van der Waals surface area (Å²) >= 11 is 0. The Morgan fingerprint density at radius 2 is 2.00 bits per heavy atom. The van der Waals surface area contributed by atoms with Crippen molar-refractivity contribution in [3.8, 4) is 0 Å². The van der Waals surface area contributed by atoms with Crippen LogP contribution in [0.5, 0.6) is 0 Å². The second-order valence-corrected chi connectivity index (χ2v) is 7.12. The summed E-state index contributed by atoms with van der Waals surface area (Å²) in [5.74, 6) is -1.95. The fourth-order valence-corrected chi connectivity index (χ4v) is 3.46. The van der Waals surface area contributed by atoms with Crippen LogP contribution in [0.2, 0.25) is 0 Å². The topological polar surface area (TPSA) is 91.7 Å². The zero-order valence-electron chi connectivity index (χ0n) is 15.5. The largest absolute Gasteiger partial charge is 0.481 e. The van der Waals surface area contributed by atoms with Crippen molar-refractivity contribution in [3.05, 3.63) is 12.2 Å². The number of carbonyl (C=O) groups excluding carboxylic acids is 2. The third kappa shape index (κ3) is 7.77. The Hall–Kier alpha value is -1.56. The predicted molar refractivity (Wildman–Crippen MR) is 96.5 cm³/mol. The normalized spacial score (nSPS) is 24.3. The van der Waals surface area contributed by atoms with E-state index in [0.29, 0.717) is 32.1 Å². The van der Waals surface area contributed by atoms with Crippen LogP contribution in [0.4, 0.5) is 4.39 Å². The molecule has 5 nitrogen and oxygen atoms in total. The number of hydrogen-bond donors (Lipinski definition) is 2. The first-order valence-corrected chi connectivity index (χ1v) is 9.61. The van der Waals surface area contributed by atoms with Gasteiger partial charge in [0.2, 0.25) is 0 Å². The van der Waals surface area contributed by atoms with Crippen molar-refractivity contribution in [3.63, 3.8) is 0 Å². The zero-order valence-corrected chi connectivity index (χ0v) is 15.5. The van der Waals surface area contributed by atoms with Crippen LogP contribution >= 0.6 is 0 Å². The Balaban J connectivity index is 2.46. The van der Waals surface area contributed by atoms with E-state index < -0.39 is 24.0 Å². The minimum Gasteiger partial charge on any atom is -0.481 e. The number of carboxylic acid groups (broad SMARTS) is 1. The summed E-state index contributed by atoms with van der Waals surface area (Å²) < 4.78 is 13.8. The molecule has 0 amide bonds. The number of Topliss-reactive ketones (excluding diaryl/α,β-unsaturated/α-hetero) is 2. The number of carbonyl (C=O) groups is 3. The van der Waals surface area contributed by atoms with E-state index in [2.05, 4.69) is 0 Å². The second-order valence-electron chi connectivity index (χ2n) is 7.12. The first-order chi connectivity index (χ1) is 12.4. The van der Waals surface area contributed by atoms with Crippen LogP contribution in [-0.4, -0.2) is 40.0 Å². The molecule has 1 fully saturated rings. The molecule has 1 aliphatic rings. The molecule has 0 spiro atoms. The van der Waals surface area contributed by atoms with E-state index in [9.17, 15) is 23.9 Å². The molecule has 0 radical (unpaired) electrons. The number of aliphatic hydroxyl groups is 1. The molecule has 4 atom stereocenters. The van der Waals surface area contributed by atoms with E-state index in [-0.39, 0.29) is 43.3 Å². The summed E-state index contributed by atoms with van der Waals surface area (Å²) in [6, 6.07) is 0. The smallest absolute Gasteiger partial charge is 0.303 e. The van der Waals surface area contributed by atoms with Gasteiger partial charge in [0.1, 0.15) is 5.78 Å². The summed E-state index contributed by atoms with van der Waals surface area (Å²) in [6.45, 7) is 1.94. The van der Waals surface area contributed by atoms with Crippen LogP contribution in [0, 0.1) is 11.8 Å². The van der Waals surface area contributed by atoms with Crippen molar-refractivity contribution in [1.29, 1.82) is 0 Å². The number of ketones is 2. The van der Waals surface area contributed by atoms with Gasteiger partial charge in [-0.3, -0.25) is 14.4 Å². The fourth-order valence-electron chi connectivity index (χ4n) is 3.46. The maximum absolute atomic E-state index is 13.8. The third-order valence-corrected chi connectivity index (χ3v) is 5.04. The van der Waals surface area contributed by atoms with Gasteiger partial charge in [0.05, 0.1) is 6.10 Å². The van der Waals surface area contributed by atoms with Gasteiger partial charge < -0.3 is 10.2 Å². The van der Waals surface area contributed by atoms with Crippen molar-refractivity contribution >= 4 is 17.5 Å². The van der Waals surface area contributed by atoms with Gasteiger partial charge >= 0.3 is 5.97 Å². The maximum atomic E-state index is 13.8. The first kappa shape index (κ1) is 22.5. The Morgan fingerprint density at radius 1 is 1.27 bits per heavy atom. The highest BCUT2D eigenvalue weighted by molar-refractivity contribution is 5.85. The van der Waals surface area contributed by atoms with Crippen molar-refractivity contribution in [2.24, 2.45) is 11.8 Å². The molecular weight excluding hydrogens is 339 g/mol. The Kier molecular flexibility index (Phi) is 10.3. The summed E-state index contributed by atoms with van der Waals surface area (Å²) in [7, 11) is 0. The zero-order chi connectivity index (χ0) is 19.5. The van der Waals surface area contributed by atoms with Crippen molar-refractivity contribution < 1.29 is 29.0 Å². The van der Waals surface area contributed by atoms with Crippen LogP contribution in [0.1, 0.15) is 71.1 Å². The molecule has 1 saturated carbocycles. The molecule has 0 heterocycles. The average Bonchev–Trinajstić information content (AvgIpc) is 2.86. The molecular formula is C20H31FO5. The monoisotopic (exact) mass is 370 g/mol. The minimum absolute atomic E-state index is 0.0204. The molecule has 26 heavy (non-hydrogen) atoms. The quantitative estimate of drug-likeness (QED) is 0.381. The molecule has 2 N–H and O–H groups in total. The average molecular weight is 370 g/mol. The number of carboxylic acids is 1. The number of aliphatic hydroxyl groups excluding tert-OH is 1. The number of rotatable bonds is 13. The second kappa shape index (κ2) is 11.9. The molecule has 0 aromatic carbocycles. The Morgan fingerprint density at radius 3 is 2.65 bits per heavy atom.